The van der Waals surface area contributed by atoms with E-state index in [-0.39, 0.29) is 22.9 Å². The summed E-state index contributed by atoms with van der Waals surface area (Å²) < 4.78 is 19.5. The number of imide groups is 2. The SMILES string of the molecule is O=C1NC(=O)N(c2ccc(F)cc2)C(=O)/C1=C/c1cc(Cl)c(OCc2ccc(Cl)c(Cl)c2)c(Br)c1. The fourth-order valence-corrected chi connectivity index (χ4v) is 4.54. The second-order valence-corrected chi connectivity index (χ2v) is 9.36. The van der Waals surface area contributed by atoms with Gasteiger partial charge in [0.05, 0.1) is 25.2 Å². The number of carbonyl (C=O) groups excluding carboxylic acids is 3. The number of carbonyl (C=O) groups is 3. The molecular formula is C24H13BrCl3FN2O4. The number of urea groups is 1. The molecule has 1 aliphatic rings. The highest BCUT2D eigenvalue weighted by Gasteiger charge is 2.36. The van der Waals surface area contributed by atoms with Crippen LogP contribution in [0.25, 0.3) is 6.08 Å². The maximum absolute atomic E-state index is 13.3. The quantitative estimate of drug-likeness (QED) is 0.259. The van der Waals surface area contributed by atoms with Crippen molar-refractivity contribution >= 4 is 80.3 Å². The molecule has 0 bridgehead atoms. The van der Waals surface area contributed by atoms with Gasteiger partial charge in [0.25, 0.3) is 11.8 Å². The summed E-state index contributed by atoms with van der Waals surface area (Å²) >= 11 is 21.7. The lowest BCUT2D eigenvalue weighted by Crippen LogP contribution is -2.54. The Kier molecular flexibility index (Phi) is 7.47. The van der Waals surface area contributed by atoms with Crippen molar-refractivity contribution in [1.82, 2.24) is 5.32 Å². The minimum absolute atomic E-state index is 0.109. The summed E-state index contributed by atoms with van der Waals surface area (Å²) in [5.74, 6) is -1.93. The molecule has 0 unspecified atom stereocenters. The Bertz CT molecular complexity index is 1370. The first-order chi connectivity index (χ1) is 16.6. The van der Waals surface area contributed by atoms with Gasteiger partial charge >= 0.3 is 6.03 Å². The molecule has 11 heteroatoms. The van der Waals surface area contributed by atoms with E-state index in [0.717, 1.165) is 22.6 Å². The molecule has 0 aliphatic carbocycles. The van der Waals surface area contributed by atoms with Gasteiger partial charge in [-0.25, -0.2) is 14.1 Å². The van der Waals surface area contributed by atoms with Crippen LogP contribution in [0.3, 0.4) is 0 Å². The topological polar surface area (TPSA) is 75.7 Å². The number of hydrogen-bond donors (Lipinski definition) is 1. The molecule has 1 heterocycles. The molecule has 0 atom stereocenters. The first-order valence-electron chi connectivity index (χ1n) is 9.87. The zero-order valence-electron chi connectivity index (χ0n) is 17.5. The Balaban J connectivity index is 1.59. The van der Waals surface area contributed by atoms with Crippen LogP contribution in [0.1, 0.15) is 11.1 Å². The van der Waals surface area contributed by atoms with Crippen LogP contribution in [0.15, 0.2) is 64.6 Å². The summed E-state index contributed by atoms with van der Waals surface area (Å²) in [5.41, 5.74) is 0.971. The minimum atomic E-state index is -0.936. The average molecular weight is 599 g/mol. The molecular weight excluding hydrogens is 586 g/mol. The zero-order valence-corrected chi connectivity index (χ0v) is 21.3. The summed E-state index contributed by atoms with van der Waals surface area (Å²) in [5, 5.41) is 3.13. The molecule has 0 radical (unpaired) electrons. The average Bonchev–Trinajstić information content (AvgIpc) is 2.79. The van der Waals surface area contributed by atoms with Gasteiger partial charge in [0.1, 0.15) is 18.0 Å². The molecule has 1 aliphatic heterocycles. The standard InChI is InChI=1S/C24H13BrCl3FN2O4/c25-17-8-13(10-20(28)21(17)35-11-12-1-6-18(26)19(27)9-12)7-16-22(32)30-24(34)31(23(16)33)15-4-2-14(29)3-5-15/h1-10H,11H2,(H,30,32,34)/b16-7+. The lowest BCUT2D eigenvalue weighted by molar-refractivity contribution is -0.122. The number of benzene rings is 3. The Hall–Kier alpha value is -2.91. The van der Waals surface area contributed by atoms with Gasteiger partial charge in [-0.2, -0.15) is 0 Å². The number of halogens is 5. The number of nitrogens with zero attached hydrogens (tertiary/aromatic N) is 1. The van der Waals surface area contributed by atoms with Crippen LogP contribution in [-0.2, 0) is 16.2 Å². The molecule has 0 spiro atoms. The van der Waals surface area contributed by atoms with E-state index in [1.54, 1.807) is 24.3 Å². The first-order valence-corrected chi connectivity index (χ1v) is 11.8. The Morgan fingerprint density at radius 3 is 2.31 bits per heavy atom. The molecule has 1 fully saturated rings. The third-order valence-corrected chi connectivity index (χ3v) is 6.49. The van der Waals surface area contributed by atoms with E-state index in [1.165, 1.54) is 24.3 Å². The van der Waals surface area contributed by atoms with Crippen molar-refractivity contribution in [2.24, 2.45) is 0 Å². The molecule has 178 valence electrons. The fraction of sp³-hybridized carbons (Fsp3) is 0.0417. The predicted molar refractivity (Wildman–Crippen MR) is 135 cm³/mol. The van der Waals surface area contributed by atoms with E-state index in [9.17, 15) is 18.8 Å². The maximum atomic E-state index is 13.3. The van der Waals surface area contributed by atoms with Gasteiger partial charge in [-0.1, -0.05) is 40.9 Å². The molecule has 35 heavy (non-hydrogen) atoms. The summed E-state index contributed by atoms with van der Waals surface area (Å²) in [4.78, 5) is 38.4. The Morgan fingerprint density at radius 1 is 0.943 bits per heavy atom. The van der Waals surface area contributed by atoms with Crippen LogP contribution in [-0.4, -0.2) is 17.8 Å². The van der Waals surface area contributed by atoms with Gasteiger partial charge in [0.15, 0.2) is 5.75 Å². The monoisotopic (exact) mass is 596 g/mol. The summed E-state index contributed by atoms with van der Waals surface area (Å²) in [6, 6.07) is 12.0. The van der Waals surface area contributed by atoms with Crippen molar-refractivity contribution in [3.8, 4) is 5.75 Å². The number of hydrogen-bond acceptors (Lipinski definition) is 4. The summed E-state index contributed by atoms with van der Waals surface area (Å²) in [6.07, 6.45) is 1.29. The molecule has 3 aromatic rings. The third-order valence-electron chi connectivity index (χ3n) is 4.89. The number of nitrogens with one attached hydrogen (secondary N) is 1. The van der Waals surface area contributed by atoms with Crippen molar-refractivity contribution in [3.63, 3.8) is 0 Å². The smallest absolute Gasteiger partial charge is 0.335 e. The lowest BCUT2D eigenvalue weighted by Gasteiger charge is -2.26. The second-order valence-electron chi connectivity index (χ2n) is 7.29. The number of anilines is 1. The molecule has 6 nitrogen and oxygen atoms in total. The predicted octanol–water partition coefficient (Wildman–Crippen LogP) is 6.79. The van der Waals surface area contributed by atoms with Gasteiger partial charge in [-0.15, -0.1) is 0 Å². The molecule has 3 aromatic carbocycles. The number of rotatable bonds is 5. The number of amides is 4. The van der Waals surface area contributed by atoms with E-state index >= 15 is 0 Å². The van der Waals surface area contributed by atoms with Crippen LogP contribution >= 0.6 is 50.7 Å². The van der Waals surface area contributed by atoms with E-state index in [0.29, 0.717) is 25.8 Å². The van der Waals surface area contributed by atoms with Crippen LogP contribution in [0.5, 0.6) is 5.75 Å². The Morgan fingerprint density at radius 2 is 1.66 bits per heavy atom. The second kappa shape index (κ2) is 10.4. The van der Waals surface area contributed by atoms with Crippen molar-refractivity contribution in [2.75, 3.05) is 4.90 Å². The van der Waals surface area contributed by atoms with Gasteiger partial charge in [-0.05, 0) is 81.7 Å². The van der Waals surface area contributed by atoms with Crippen molar-refractivity contribution in [3.05, 3.63) is 96.7 Å². The van der Waals surface area contributed by atoms with Crippen molar-refractivity contribution in [1.29, 1.82) is 0 Å². The normalized spacial score (nSPS) is 14.9. The molecule has 4 rings (SSSR count). The highest BCUT2D eigenvalue weighted by Crippen LogP contribution is 2.36. The van der Waals surface area contributed by atoms with E-state index in [2.05, 4.69) is 21.2 Å². The zero-order chi connectivity index (χ0) is 25.3. The molecule has 1 N–H and O–H groups in total. The third kappa shape index (κ3) is 5.51. The van der Waals surface area contributed by atoms with Crippen LogP contribution in [0.4, 0.5) is 14.9 Å². The van der Waals surface area contributed by atoms with Crippen molar-refractivity contribution in [2.45, 2.75) is 6.61 Å². The highest BCUT2D eigenvalue weighted by atomic mass is 79.9. The van der Waals surface area contributed by atoms with E-state index in [4.69, 9.17) is 39.5 Å². The van der Waals surface area contributed by atoms with Gasteiger partial charge in [0, 0.05) is 0 Å². The molecule has 4 amide bonds. The fourth-order valence-electron chi connectivity index (χ4n) is 3.23. The van der Waals surface area contributed by atoms with E-state index in [1.807, 2.05) is 0 Å². The van der Waals surface area contributed by atoms with Crippen LogP contribution < -0.4 is 15.0 Å². The van der Waals surface area contributed by atoms with Crippen LogP contribution in [0.2, 0.25) is 15.1 Å². The largest absolute Gasteiger partial charge is 0.486 e. The lowest BCUT2D eigenvalue weighted by atomic mass is 10.1. The summed E-state index contributed by atoms with van der Waals surface area (Å²) in [7, 11) is 0. The number of ether oxygens (including phenoxy) is 1. The molecule has 0 saturated carbocycles. The van der Waals surface area contributed by atoms with Crippen molar-refractivity contribution < 1.29 is 23.5 Å². The van der Waals surface area contributed by atoms with Gasteiger partial charge in [0.2, 0.25) is 0 Å². The molecule has 1 saturated heterocycles. The van der Waals surface area contributed by atoms with E-state index < -0.39 is 23.7 Å². The molecule has 0 aromatic heterocycles. The Labute approximate surface area is 222 Å². The van der Waals surface area contributed by atoms with Gasteiger partial charge < -0.3 is 4.74 Å². The summed E-state index contributed by atoms with van der Waals surface area (Å²) in [6.45, 7) is 0.158. The van der Waals surface area contributed by atoms with Crippen LogP contribution in [0, 0.1) is 5.82 Å². The number of barbiturate groups is 1. The minimum Gasteiger partial charge on any atom is -0.486 e. The first kappa shape index (κ1) is 25.2. The highest BCUT2D eigenvalue weighted by molar-refractivity contribution is 9.10. The maximum Gasteiger partial charge on any atom is 0.335 e. The van der Waals surface area contributed by atoms with Gasteiger partial charge in [-0.3, -0.25) is 14.9 Å².